The molecule has 0 bridgehead atoms. The molecule has 4 aromatic rings. The minimum Gasteiger partial charge on any atom is -0.494 e. The van der Waals surface area contributed by atoms with Crippen LogP contribution in [0.2, 0.25) is 0 Å². The zero-order chi connectivity index (χ0) is 21.7. The van der Waals surface area contributed by atoms with Gasteiger partial charge in [0.2, 0.25) is 5.91 Å². The number of nitrogens with zero attached hydrogens (tertiary/aromatic N) is 5. The highest BCUT2D eigenvalue weighted by Crippen LogP contribution is 2.41. The van der Waals surface area contributed by atoms with Gasteiger partial charge in [-0.15, -0.1) is 10.2 Å². The summed E-state index contributed by atoms with van der Waals surface area (Å²) in [6.07, 6.45) is 3.33. The molecule has 0 atom stereocenters. The van der Waals surface area contributed by atoms with Gasteiger partial charge >= 0.3 is 0 Å². The lowest BCUT2D eigenvalue weighted by molar-refractivity contribution is -0.117. The molecule has 3 heterocycles. The van der Waals surface area contributed by atoms with Gasteiger partial charge in [0, 0.05) is 25.4 Å². The summed E-state index contributed by atoms with van der Waals surface area (Å²) in [5, 5.41) is 19.3. The standard InChI is InChI=1S/C20H20N8O3/c1-21-20(30)15-14-12(18(26-25-15)24-19(29)9-4-5-9)10-6-7-11(16(31-3)13(10)23-14)17-22-8-28(2)27-17/h6-9,23H,4-5H2,1-3H3,(H,21,30)(H,24,26,29). The fourth-order valence-electron chi connectivity index (χ4n) is 3.64. The fourth-order valence-corrected chi connectivity index (χ4v) is 3.64. The maximum Gasteiger partial charge on any atom is 0.273 e. The van der Waals surface area contributed by atoms with Crippen LogP contribution in [0.5, 0.6) is 5.75 Å². The number of anilines is 1. The largest absolute Gasteiger partial charge is 0.494 e. The maximum atomic E-state index is 12.4. The van der Waals surface area contributed by atoms with Gasteiger partial charge in [0.1, 0.15) is 6.33 Å². The van der Waals surface area contributed by atoms with Crippen LogP contribution in [-0.4, -0.2) is 55.9 Å². The Morgan fingerprint density at radius 2 is 2.03 bits per heavy atom. The van der Waals surface area contributed by atoms with Crippen LogP contribution >= 0.6 is 0 Å². The molecule has 0 spiro atoms. The Balaban J connectivity index is 1.78. The highest BCUT2D eigenvalue weighted by atomic mass is 16.5. The first-order valence-corrected chi connectivity index (χ1v) is 9.79. The summed E-state index contributed by atoms with van der Waals surface area (Å²) in [7, 11) is 4.86. The smallest absolute Gasteiger partial charge is 0.273 e. The van der Waals surface area contributed by atoms with E-state index < -0.39 is 5.91 Å². The molecular formula is C20H20N8O3. The minimum absolute atomic E-state index is 0.00274. The number of aromatic amines is 1. The lowest BCUT2D eigenvalue weighted by atomic mass is 10.1. The Bertz CT molecular complexity index is 1350. The maximum absolute atomic E-state index is 12.4. The lowest BCUT2D eigenvalue weighted by Gasteiger charge is -2.08. The SMILES string of the molecule is CNC(=O)c1nnc(NC(=O)C2CC2)c2c1[nH]c1c(OC)c(-c3ncn(C)n3)ccc12. The van der Waals surface area contributed by atoms with Gasteiger partial charge in [-0.25, -0.2) is 4.98 Å². The van der Waals surface area contributed by atoms with Crippen LogP contribution in [0.25, 0.3) is 33.2 Å². The predicted octanol–water partition coefficient (Wildman–Crippen LogP) is 1.62. The normalized spacial score (nSPS) is 13.5. The van der Waals surface area contributed by atoms with E-state index in [0.717, 1.165) is 18.2 Å². The van der Waals surface area contributed by atoms with Crippen LogP contribution in [0, 0.1) is 5.92 Å². The highest BCUT2D eigenvalue weighted by molar-refractivity contribution is 6.20. The number of hydrogen-bond acceptors (Lipinski definition) is 7. The number of aryl methyl sites for hydroxylation is 1. The Morgan fingerprint density at radius 1 is 1.23 bits per heavy atom. The van der Waals surface area contributed by atoms with Gasteiger partial charge in [0.15, 0.2) is 23.1 Å². The molecule has 2 amide bonds. The van der Waals surface area contributed by atoms with E-state index in [0.29, 0.717) is 39.4 Å². The Hall–Kier alpha value is -4.02. The summed E-state index contributed by atoms with van der Waals surface area (Å²) in [4.78, 5) is 32.4. The summed E-state index contributed by atoms with van der Waals surface area (Å²) in [5.41, 5.74) is 1.90. The molecule has 1 aliphatic rings. The number of fused-ring (bicyclic) bond motifs is 3. The fraction of sp³-hybridized carbons (Fsp3) is 0.300. The second-order valence-corrected chi connectivity index (χ2v) is 7.43. The number of carbonyl (C=O) groups excluding carboxylic acids is 2. The first kappa shape index (κ1) is 19.0. The summed E-state index contributed by atoms with van der Waals surface area (Å²) >= 11 is 0. The molecule has 3 aromatic heterocycles. The molecule has 0 unspecified atom stereocenters. The van der Waals surface area contributed by atoms with Gasteiger partial charge in [-0.2, -0.15) is 5.10 Å². The van der Waals surface area contributed by atoms with E-state index in [1.165, 1.54) is 7.05 Å². The van der Waals surface area contributed by atoms with E-state index in [1.807, 2.05) is 12.1 Å². The van der Waals surface area contributed by atoms with Crippen molar-refractivity contribution in [2.75, 3.05) is 19.5 Å². The van der Waals surface area contributed by atoms with Gasteiger partial charge in [0.05, 0.1) is 29.1 Å². The van der Waals surface area contributed by atoms with Gasteiger partial charge in [-0.1, -0.05) is 6.07 Å². The van der Waals surface area contributed by atoms with Crippen LogP contribution in [0.1, 0.15) is 23.3 Å². The average Bonchev–Trinajstić information content (AvgIpc) is 3.43. The first-order valence-electron chi connectivity index (χ1n) is 9.79. The number of carbonyl (C=O) groups is 2. The molecule has 158 valence electrons. The Labute approximate surface area is 176 Å². The number of rotatable bonds is 5. The number of ether oxygens (including phenoxy) is 1. The molecule has 5 rings (SSSR count). The van der Waals surface area contributed by atoms with Crippen LogP contribution in [0.4, 0.5) is 5.82 Å². The van der Waals surface area contributed by atoms with Crippen LogP contribution in [-0.2, 0) is 11.8 Å². The zero-order valence-corrected chi connectivity index (χ0v) is 17.2. The summed E-state index contributed by atoms with van der Waals surface area (Å²) in [6.45, 7) is 0. The third kappa shape index (κ3) is 3.05. The number of aromatic nitrogens is 6. The number of H-pyrrole nitrogens is 1. The number of benzene rings is 1. The average molecular weight is 420 g/mol. The van der Waals surface area contributed by atoms with E-state index in [4.69, 9.17) is 4.74 Å². The van der Waals surface area contributed by atoms with Crippen molar-refractivity contribution in [3.05, 3.63) is 24.2 Å². The predicted molar refractivity (Wildman–Crippen MR) is 113 cm³/mol. The van der Waals surface area contributed by atoms with Gasteiger partial charge in [-0.3, -0.25) is 14.3 Å². The molecule has 11 nitrogen and oxygen atoms in total. The van der Waals surface area contributed by atoms with Gasteiger partial charge in [-0.05, 0) is 18.9 Å². The van der Waals surface area contributed by atoms with Crippen molar-refractivity contribution in [2.45, 2.75) is 12.8 Å². The highest BCUT2D eigenvalue weighted by Gasteiger charge is 2.31. The number of amides is 2. The summed E-state index contributed by atoms with van der Waals surface area (Å²) in [6, 6.07) is 3.71. The van der Waals surface area contributed by atoms with Crippen molar-refractivity contribution in [2.24, 2.45) is 13.0 Å². The van der Waals surface area contributed by atoms with E-state index >= 15 is 0 Å². The van der Waals surface area contributed by atoms with Crippen LogP contribution in [0.15, 0.2) is 18.5 Å². The molecule has 0 saturated heterocycles. The van der Waals surface area contributed by atoms with Crippen molar-refractivity contribution in [1.82, 2.24) is 35.3 Å². The molecule has 1 aliphatic carbocycles. The minimum atomic E-state index is -0.394. The number of nitrogens with one attached hydrogen (secondary N) is 3. The monoisotopic (exact) mass is 420 g/mol. The van der Waals surface area contributed by atoms with Gasteiger partial charge < -0.3 is 20.4 Å². The van der Waals surface area contributed by atoms with Gasteiger partial charge in [0.25, 0.3) is 5.91 Å². The molecule has 0 radical (unpaired) electrons. The van der Waals surface area contributed by atoms with Crippen molar-refractivity contribution in [3.8, 4) is 17.1 Å². The molecule has 3 N–H and O–H groups in total. The lowest BCUT2D eigenvalue weighted by Crippen LogP contribution is -2.21. The van der Waals surface area contributed by atoms with Crippen molar-refractivity contribution in [1.29, 1.82) is 0 Å². The van der Waals surface area contributed by atoms with Crippen LogP contribution in [0.3, 0.4) is 0 Å². The Morgan fingerprint density at radius 3 is 2.68 bits per heavy atom. The second kappa shape index (κ2) is 7.04. The number of hydrogen-bond donors (Lipinski definition) is 3. The quantitative estimate of drug-likeness (QED) is 0.446. The van der Waals surface area contributed by atoms with E-state index in [1.54, 1.807) is 25.2 Å². The summed E-state index contributed by atoms with van der Waals surface area (Å²) < 4.78 is 7.30. The van der Waals surface area contributed by atoms with E-state index in [9.17, 15) is 9.59 Å². The molecule has 11 heteroatoms. The van der Waals surface area contributed by atoms with E-state index in [2.05, 4.69) is 35.9 Å². The number of methoxy groups -OCH3 is 1. The second-order valence-electron chi connectivity index (χ2n) is 7.43. The third-order valence-electron chi connectivity index (χ3n) is 5.33. The zero-order valence-electron chi connectivity index (χ0n) is 17.2. The van der Waals surface area contributed by atoms with Crippen molar-refractivity contribution in [3.63, 3.8) is 0 Å². The Kier molecular flexibility index (Phi) is 4.31. The molecule has 0 aliphatic heterocycles. The molecule has 1 fully saturated rings. The molecule has 1 saturated carbocycles. The van der Waals surface area contributed by atoms with Crippen molar-refractivity contribution < 1.29 is 14.3 Å². The van der Waals surface area contributed by atoms with Crippen LogP contribution < -0.4 is 15.4 Å². The molecule has 31 heavy (non-hydrogen) atoms. The first-order chi connectivity index (χ1) is 15.0. The molecule has 1 aromatic carbocycles. The third-order valence-corrected chi connectivity index (χ3v) is 5.33. The van der Waals surface area contributed by atoms with Crippen molar-refractivity contribution >= 4 is 39.4 Å². The summed E-state index contributed by atoms with van der Waals surface area (Å²) in [5.74, 6) is 0.828. The topological polar surface area (TPSA) is 140 Å². The van der Waals surface area contributed by atoms with E-state index in [-0.39, 0.29) is 17.5 Å². The molecular weight excluding hydrogens is 400 g/mol.